The summed E-state index contributed by atoms with van der Waals surface area (Å²) in [5.41, 5.74) is 3.64. The van der Waals surface area contributed by atoms with Crippen LogP contribution in [0.25, 0.3) is 6.08 Å². The lowest BCUT2D eigenvalue weighted by molar-refractivity contribution is -0.113. The summed E-state index contributed by atoms with van der Waals surface area (Å²) >= 11 is 3.44. The van der Waals surface area contributed by atoms with E-state index in [1.54, 1.807) is 23.1 Å². The van der Waals surface area contributed by atoms with E-state index in [1.165, 1.54) is 12.1 Å². The van der Waals surface area contributed by atoms with E-state index >= 15 is 0 Å². The van der Waals surface area contributed by atoms with Crippen LogP contribution in [0.3, 0.4) is 0 Å². The Bertz CT molecular complexity index is 1120. The summed E-state index contributed by atoms with van der Waals surface area (Å²) in [6.07, 6.45) is 1.76. The summed E-state index contributed by atoms with van der Waals surface area (Å²) in [7, 11) is 0. The van der Waals surface area contributed by atoms with Crippen molar-refractivity contribution in [1.82, 2.24) is 0 Å². The number of hydrogen-bond acceptors (Lipinski definition) is 2. The molecule has 1 aliphatic rings. The normalized spacial score (nSPS) is 15.2. The number of aliphatic imine (C=N–C) groups is 1. The second kappa shape index (κ2) is 7.52. The lowest BCUT2D eigenvalue weighted by atomic mass is 10.1. The molecule has 0 aliphatic carbocycles. The first-order valence-corrected chi connectivity index (χ1v) is 9.53. The minimum atomic E-state index is -0.333. The van der Waals surface area contributed by atoms with Gasteiger partial charge in [-0.2, -0.15) is 0 Å². The van der Waals surface area contributed by atoms with E-state index in [4.69, 9.17) is 0 Å². The molecule has 1 aliphatic heterocycles. The summed E-state index contributed by atoms with van der Waals surface area (Å²) in [5.74, 6) is -0.0672. The van der Waals surface area contributed by atoms with E-state index in [0.717, 1.165) is 21.3 Å². The molecule has 28 heavy (non-hydrogen) atoms. The van der Waals surface area contributed by atoms with Gasteiger partial charge in [0.25, 0.3) is 5.91 Å². The minimum Gasteiger partial charge on any atom is -0.266 e. The summed E-state index contributed by atoms with van der Waals surface area (Å²) in [5, 5.41) is 0. The molecule has 0 radical (unpaired) electrons. The molecule has 1 heterocycles. The number of anilines is 1. The second-order valence-electron chi connectivity index (χ2n) is 6.51. The van der Waals surface area contributed by atoms with Gasteiger partial charge in [-0.3, -0.25) is 9.69 Å². The van der Waals surface area contributed by atoms with Crippen LogP contribution in [0.4, 0.5) is 10.1 Å². The van der Waals surface area contributed by atoms with Gasteiger partial charge < -0.3 is 0 Å². The molecule has 0 N–H and O–H groups in total. The number of carbonyl (C=O) groups is 1. The van der Waals surface area contributed by atoms with Crippen LogP contribution in [-0.4, -0.2) is 11.7 Å². The van der Waals surface area contributed by atoms with Gasteiger partial charge in [0.2, 0.25) is 0 Å². The SMILES string of the molecule is Cc1cccc(N2C(=O)/C(=C\c3cccc(Br)c3)N=C2c2ccc(F)cc2)c1. The lowest BCUT2D eigenvalue weighted by Gasteiger charge is -2.19. The molecular weight excluding hydrogens is 419 g/mol. The van der Waals surface area contributed by atoms with E-state index in [1.807, 2.05) is 55.5 Å². The maximum Gasteiger partial charge on any atom is 0.282 e. The van der Waals surface area contributed by atoms with Gasteiger partial charge in [0.05, 0.1) is 5.69 Å². The molecule has 0 saturated carbocycles. The average molecular weight is 435 g/mol. The van der Waals surface area contributed by atoms with Crippen molar-refractivity contribution in [3.8, 4) is 0 Å². The molecule has 3 aromatic carbocycles. The fourth-order valence-electron chi connectivity index (χ4n) is 3.07. The Morgan fingerprint density at radius 1 is 1.00 bits per heavy atom. The van der Waals surface area contributed by atoms with Crippen LogP contribution < -0.4 is 4.90 Å². The Balaban J connectivity index is 1.84. The van der Waals surface area contributed by atoms with Crippen molar-refractivity contribution in [2.45, 2.75) is 6.92 Å². The third-order valence-electron chi connectivity index (χ3n) is 4.37. The zero-order valence-corrected chi connectivity index (χ0v) is 16.7. The molecule has 0 fully saturated rings. The first kappa shape index (κ1) is 18.3. The fraction of sp³-hybridized carbons (Fsp3) is 0.0435. The van der Waals surface area contributed by atoms with Crippen molar-refractivity contribution < 1.29 is 9.18 Å². The summed E-state index contributed by atoms with van der Waals surface area (Å²) in [6, 6.07) is 21.3. The van der Waals surface area contributed by atoms with Crippen LogP contribution >= 0.6 is 15.9 Å². The van der Waals surface area contributed by atoms with E-state index < -0.39 is 0 Å². The van der Waals surface area contributed by atoms with Crippen LogP contribution in [0.15, 0.2) is 88.0 Å². The molecule has 0 unspecified atom stereocenters. The highest BCUT2D eigenvalue weighted by atomic mass is 79.9. The summed E-state index contributed by atoms with van der Waals surface area (Å²) in [4.78, 5) is 19.4. The molecule has 1 amide bonds. The zero-order valence-electron chi connectivity index (χ0n) is 15.1. The molecule has 3 aromatic rings. The maximum atomic E-state index is 13.4. The van der Waals surface area contributed by atoms with Crippen LogP contribution in [0.1, 0.15) is 16.7 Å². The third kappa shape index (κ3) is 3.66. The summed E-state index contributed by atoms with van der Waals surface area (Å²) in [6.45, 7) is 1.97. The van der Waals surface area contributed by atoms with E-state index in [0.29, 0.717) is 17.1 Å². The number of amidine groups is 1. The number of benzene rings is 3. The molecule has 138 valence electrons. The van der Waals surface area contributed by atoms with Crippen LogP contribution in [0, 0.1) is 12.7 Å². The van der Waals surface area contributed by atoms with Crippen molar-refractivity contribution in [3.63, 3.8) is 0 Å². The van der Waals surface area contributed by atoms with E-state index in [-0.39, 0.29) is 11.7 Å². The predicted molar refractivity (Wildman–Crippen MR) is 114 cm³/mol. The number of hydrogen-bond donors (Lipinski definition) is 0. The number of aryl methyl sites for hydroxylation is 1. The fourth-order valence-corrected chi connectivity index (χ4v) is 3.49. The molecule has 0 bridgehead atoms. The van der Waals surface area contributed by atoms with Crippen LogP contribution in [0.5, 0.6) is 0 Å². The number of halogens is 2. The number of amides is 1. The van der Waals surface area contributed by atoms with Gasteiger partial charge in [-0.05, 0) is 72.7 Å². The predicted octanol–water partition coefficient (Wildman–Crippen LogP) is 5.73. The Labute approximate surface area is 171 Å². The number of nitrogens with zero attached hydrogens (tertiary/aromatic N) is 2. The Kier molecular flexibility index (Phi) is 4.92. The lowest BCUT2D eigenvalue weighted by Crippen LogP contribution is -2.32. The molecule has 0 spiro atoms. The van der Waals surface area contributed by atoms with E-state index in [2.05, 4.69) is 20.9 Å². The highest BCUT2D eigenvalue weighted by molar-refractivity contribution is 9.10. The Hall–Kier alpha value is -3.05. The molecule has 0 aromatic heterocycles. The molecular formula is C23H16BrFN2O. The zero-order chi connectivity index (χ0) is 19.7. The second-order valence-corrected chi connectivity index (χ2v) is 7.42. The van der Waals surface area contributed by atoms with Crippen LogP contribution in [0.2, 0.25) is 0 Å². The first-order chi connectivity index (χ1) is 13.5. The van der Waals surface area contributed by atoms with Crippen molar-refractivity contribution in [1.29, 1.82) is 0 Å². The largest absolute Gasteiger partial charge is 0.282 e. The van der Waals surface area contributed by atoms with Crippen molar-refractivity contribution in [3.05, 3.63) is 105 Å². The van der Waals surface area contributed by atoms with Crippen molar-refractivity contribution in [2.24, 2.45) is 4.99 Å². The van der Waals surface area contributed by atoms with Crippen molar-refractivity contribution in [2.75, 3.05) is 4.90 Å². The third-order valence-corrected chi connectivity index (χ3v) is 4.87. The highest BCUT2D eigenvalue weighted by Gasteiger charge is 2.32. The molecule has 0 atom stereocenters. The Morgan fingerprint density at radius 3 is 2.46 bits per heavy atom. The van der Waals surface area contributed by atoms with Gasteiger partial charge in [-0.1, -0.05) is 40.2 Å². The minimum absolute atomic E-state index is 0.218. The standard InChI is InChI=1S/C23H16BrFN2O/c1-15-4-2-7-20(12-15)27-22(17-8-10-19(25)11-9-17)26-21(23(27)28)14-16-5-3-6-18(24)13-16/h2-14H,1H3/b21-14+. The molecule has 4 rings (SSSR count). The van der Waals surface area contributed by atoms with Gasteiger partial charge >= 0.3 is 0 Å². The monoisotopic (exact) mass is 434 g/mol. The molecule has 5 heteroatoms. The Morgan fingerprint density at radius 2 is 1.75 bits per heavy atom. The van der Waals surface area contributed by atoms with Crippen molar-refractivity contribution >= 4 is 39.4 Å². The highest BCUT2D eigenvalue weighted by Crippen LogP contribution is 2.29. The summed E-state index contributed by atoms with van der Waals surface area (Å²) < 4.78 is 14.3. The van der Waals surface area contributed by atoms with E-state index in [9.17, 15) is 9.18 Å². The van der Waals surface area contributed by atoms with Gasteiger partial charge in [0.15, 0.2) is 0 Å². The van der Waals surface area contributed by atoms with Crippen LogP contribution in [-0.2, 0) is 4.79 Å². The topological polar surface area (TPSA) is 32.7 Å². The number of rotatable bonds is 3. The average Bonchev–Trinajstić information content (AvgIpc) is 2.99. The van der Waals surface area contributed by atoms with Gasteiger partial charge in [-0.15, -0.1) is 0 Å². The maximum absolute atomic E-state index is 13.4. The van der Waals surface area contributed by atoms with Gasteiger partial charge in [-0.25, -0.2) is 9.38 Å². The first-order valence-electron chi connectivity index (χ1n) is 8.74. The molecule has 3 nitrogen and oxygen atoms in total. The van der Waals surface area contributed by atoms with Gasteiger partial charge in [0, 0.05) is 10.0 Å². The quantitative estimate of drug-likeness (QED) is 0.484. The number of carbonyl (C=O) groups excluding carboxylic acids is 1. The van der Waals surface area contributed by atoms with Gasteiger partial charge in [0.1, 0.15) is 17.3 Å². The smallest absolute Gasteiger partial charge is 0.266 e. The molecule has 0 saturated heterocycles.